The molecule has 2 aromatic heterocycles. The fraction of sp³-hybridized carbons (Fsp3) is 0.0526. The lowest BCUT2D eigenvalue weighted by Crippen LogP contribution is -2.25. The molecule has 0 saturated heterocycles. The van der Waals surface area contributed by atoms with Gasteiger partial charge in [-0.05, 0) is 66.1 Å². The highest BCUT2D eigenvalue weighted by molar-refractivity contribution is 5.81. The molecule has 0 amide bonds. The summed E-state index contributed by atoms with van der Waals surface area (Å²) in [6, 6.07) is 39.0. The van der Waals surface area contributed by atoms with E-state index in [0.717, 1.165) is 11.1 Å². The predicted octanol–water partition coefficient (Wildman–Crippen LogP) is 6.88. The standard InChI is InChI=1S/C38H28N4O3/c43-34-21-20-29(42-35(22-19-26-11-3-1-4-12-26)39-32-17-9-8-16-31(32)38(42)45)25-28(34)23-24-41-36(27-13-5-2-6-14-27)40-33-18-10-7-15-30(33)37(41)44/h1-22,25,43H,23-24H2/b22-19+. The zero-order chi connectivity index (χ0) is 30.8. The molecule has 0 atom stereocenters. The third kappa shape index (κ3) is 5.43. The fourth-order valence-corrected chi connectivity index (χ4v) is 5.57. The summed E-state index contributed by atoms with van der Waals surface area (Å²) in [5, 5.41) is 11.9. The molecule has 45 heavy (non-hydrogen) atoms. The van der Waals surface area contributed by atoms with Crippen molar-refractivity contribution in [2.45, 2.75) is 13.0 Å². The van der Waals surface area contributed by atoms with Crippen LogP contribution in [0.15, 0.2) is 137 Å². The van der Waals surface area contributed by atoms with Gasteiger partial charge < -0.3 is 5.11 Å². The van der Waals surface area contributed by atoms with Crippen molar-refractivity contribution < 1.29 is 5.11 Å². The maximum absolute atomic E-state index is 13.9. The van der Waals surface area contributed by atoms with E-state index in [-0.39, 0.29) is 23.4 Å². The summed E-state index contributed by atoms with van der Waals surface area (Å²) in [6.07, 6.45) is 4.06. The van der Waals surface area contributed by atoms with E-state index >= 15 is 0 Å². The molecule has 218 valence electrons. The van der Waals surface area contributed by atoms with Gasteiger partial charge in [0.15, 0.2) is 0 Å². The van der Waals surface area contributed by atoms with Crippen LogP contribution in [0.5, 0.6) is 5.75 Å². The Balaban J connectivity index is 1.32. The third-order valence-corrected chi connectivity index (χ3v) is 7.85. The summed E-state index contributed by atoms with van der Waals surface area (Å²) in [5.41, 5.74) is 3.80. The fourth-order valence-electron chi connectivity index (χ4n) is 5.57. The number of rotatable bonds is 7. The van der Waals surface area contributed by atoms with Crippen LogP contribution in [-0.4, -0.2) is 24.2 Å². The molecule has 7 rings (SSSR count). The van der Waals surface area contributed by atoms with Crippen LogP contribution in [0.3, 0.4) is 0 Å². The monoisotopic (exact) mass is 588 g/mol. The third-order valence-electron chi connectivity index (χ3n) is 7.85. The minimum atomic E-state index is -0.216. The van der Waals surface area contributed by atoms with E-state index in [1.807, 2.05) is 109 Å². The molecule has 0 aliphatic rings. The lowest BCUT2D eigenvalue weighted by Gasteiger charge is -2.16. The molecule has 5 aromatic carbocycles. The summed E-state index contributed by atoms with van der Waals surface area (Å²) in [6.45, 7) is 0.267. The number of nitrogens with zero attached hydrogens (tertiary/aromatic N) is 4. The van der Waals surface area contributed by atoms with Gasteiger partial charge in [0, 0.05) is 12.1 Å². The number of fused-ring (bicyclic) bond motifs is 2. The molecule has 0 unspecified atom stereocenters. The van der Waals surface area contributed by atoms with Gasteiger partial charge in [-0.2, -0.15) is 0 Å². The molecule has 0 aliphatic heterocycles. The molecular formula is C38H28N4O3. The molecule has 1 N–H and O–H groups in total. The average molecular weight is 589 g/mol. The Morgan fingerprint density at radius 1 is 0.644 bits per heavy atom. The maximum atomic E-state index is 13.9. The van der Waals surface area contributed by atoms with Gasteiger partial charge in [-0.25, -0.2) is 9.97 Å². The number of aryl methyl sites for hydroxylation is 1. The molecule has 0 fully saturated rings. The van der Waals surface area contributed by atoms with Gasteiger partial charge in [-0.1, -0.05) is 91.0 Å². The van der Waals surface area contributed by atoms with Crippen molar-refractivity contribution in [3.8, 4) is 22.8 Å². The first-order chi connectivity index (χ1) is 22.1. The summed E-state index contributed by atoms with van der Waals surface area (Å²) < 4.78 is 3.21. The SMILES string of the molecule is O=c1c2ccccc2nc(-c2ccccc2)n1CCc1cc(-n2c(/C=C/c3ccccc3)nc3ccccc3c2=O)ccc1O. The zero-order valence-electron chi connectivity index (χ0n) is 24.2. The highest BCUT2D eigenvalue weighted by Gasteiger charge is 2.16. The first-order valence-electron chi connectivity index (χ1n) is 14.7. The number of aromatic hydroxyl groups is 1. The molecule has 2 heterocycles. The normalized spacial score (nSPS) is 11.5. The lowest BCUT2D eigenvalue weighted by atomic mass is 10.1. The van der Waals surface area contributed by atoms with Crippen LogP contribution < -0.4 is 11.1 Å². The smallest absolute Gasteiger partial charge is 0.266 e. The maximum Gasteiger partial charge on any atom is 0.266 e. The van der Waals surface area contributed by atoms with E-state index in [1.165, 1.54) is 0 Å². The predicted molar refractivity (Wildman–Crippen MR) is 180 cm³/mol. The first-order valence-corrected chi connectivity index (χ1v) is 14.7. The Kier molecular flexibility index (Phi) is 7.33. The van der Waals surface area contributed by atoms with Gasteiger partial charge in [0.1, 0.15) is 17.4 Å². The Bertz CT molecular complexity index is 2330. The van der Waals surface area contributed by atoms with Crippen LogP contribution >= 0.6 is 0 Å². The van der Waals surface area contributed by atoms with Gasteiger partial charge in [-0.15, -0.1) is 0 Å². The number of para-hydroxylation sites is 2. The molecule has 0 bridgehead atoms. The van der Waals surface area contributed by atoms with E-state index in [9.17, 15) is 14.7 Å². The van der Waals surface area contributed by atoms with E-state index in [4.69, 9.17) is 9.97 Å². The molecule has 7 nitrogen and oxygen atoms in total. The van der Waals surface area contributed by atoms with Crippen molar-refractivity contribution in [2.24, 2.45) is 0 Å². The van der Waals surface area contributed by atoms with Crippen molar-refractivity contribution in [3.05, 3.63) is 165 Å². The number of phenols is 1. The quantitative estimate of drug-likeness (QED) is 0.219. The lowest BCUT2D eigenvalue weighted by molar-refractivity contribution is 0.465. The van der Waals surface area contributed by atoms with Crippen LogP contribution in [0.25, 0.3) is 51.0 Å². The molecule has 7 aromatic rings. The van der Waals surface area contributed by atoms with Crippen molar-refractivity contribution in [1.29, 1.82) is 0 Å². The Hall–Kier alpha value is -6.08. The van der Waals surface area contributed by atoms with Crippen molar-refractivity contribution >= 4 is 34.0 Å². The zero-order valence-corrected chi connectivity index (χ0v) is 24.2. The molecule has 0 aliphatic carbocycles. The van der Waals surface area contributed by atoms with E-state index in [2.05, 4.69) is 0 Å². The van der Waals surface area contributed by atoms with Crippen LogP contribution in [0.4, 0.5) is 0 Å². The molecular weight excluding hydrogens is 560 g/mol. The van der Waals surface area contributed by atoms with Crippen molar-refractivity contribution in [2.75, 3.05) is 0 Å². The Morgan fingerprint density at radius 3 is 2.00 bits per heavy atom. The van der Waals surface area contributed by atoms with E-state index in [0.29, 0.717) is 51.1 Å². The Morgan fingerprint density at radius 2 is 1.27 bits per heavy atom. The topological polar surface area (TPSA) is 90.0 Å². The number of aromatic nitrogens is 4. The summed E-state index contributed by atoms with van der Waals surface area (Å²) >= 11 is 0. The Labute approximate surface area is 258 Å². The highest BCUT2D eigenvalue weighted by Crippen LogP contribution is 2.25. The van der Waals surface area contributed by atoms with Crippen LogP contribution in [-0.2, 0) is 13.0 Å². The molecule has 0 radical (unpaired) electrons. The number of hydrogen-bond acceptors (Lipinski definition) is 5. The van der Waals surface area contributed by atoms with E-state index in [1.54, 1.807) is 39.5 Å². The average Bonchev–Trinajstić information content (AvgIpc) is 3.08. The number of phenolic OH excluding ortho intramolecular Hbond substituents is 1. The minimum absolute atomic E-state index is 0.0741. The van der Waals surface area contributed by atoms with Crippen molar-refractivity contribution in [3.63, 3.8) is 0 Å². The second-order valence-corrected chi connectivity index (χ2v) is 10.7. The summed E-state index contributed by atoms with van der Waals surface area (Å²) in [5.74, 6) is 1.09. The van der Waals surface area contributed by atoms with Gasteiger partial charge in [-0.3, -0.25) is 18.7 Å². The van der Waals surface area contributed by atoms with Crippen LogP contribution in [0.2, 0.25) is 0 Å². The largest absolute Gasteiger partial charge is 0.508 e. The van der Waals surface area contributed by atoms with Crippen molar-refractivity contribution in [1.82, 2.24) is 19.1 Å². The van der Waals surface area contributed by atoms with Crippen LogP contribution in [0, 0.1) is 0 Å². The van der Waals surface area contributed by atoms with Crippen LogP contribution in [0.1, 0.15) is 17.0 Å². The summed E-state index contributed by atoms with van der Waals surface area (Å²) in [7, 11) is 0. The number of benzene rings is 5. The highest BCUT2D eigenvalue weighted by atomic mass is 16.3. The van der Waals surface area contributed by atoms with Gasteiger partial charge in [0.25, 0.3) is 11.1 Å². The first kappa shape index (κ1) is 27.7. The van der Waals surface area contributed by atoms with E-state index < -0.39 is 0 Å². The number of hydrogen-bond donors (Lipinski definition) is 1. The molecule has 0 saturated carbocycles. The summed E-state index contributed by atoms with van der Waals surface area (Å²) in [4.78, 5) is 37.3. The molecule has 7 heteroatoms. The molecule has 0 spiro atoms. The minimum Gasteiger partial charge on any atom is -0.508 e. The second kappa shape index (κ2) is 11.9. The second-order valence-electron chi connectivity index (χ2n) is 10.7. The van der Waals surface area contributed by atoms with Gasteiger partial charge in [0.05, 0.1) is 27.5 Å². The van der Waals surface area contributed by atoms with Gasteiger partial charge in [0.2, 0.25) is 0 Å². The van der Waals surface area contributed by atoms with Gasteiger partial charge >= 0.3 is 0 Å².